The molecule has 1 aromatic carbocycles. The van der Waals surface area contributed by atoms with E-state index in [1.807, 2.05) is 18.2 Å². The summed E-state index contributed by atoms with van der Waals surface area (Å²) in [4.78, 5) is 12.7. The predicted molar refractivity (Wildman–Crippen MR) is 80.4 cm³/mol. The monoisotopic (exact) mass is 275 g/mol. The van der Waals surface area contributed by atoms with Crippen LogP contribution in [0.1, 0.15) is 45.1 Å². The molecule has 110 valence electrons. The number of hydrogen-bond acceptors (Lipinski definition) is 2. The Morgan fingerprint density at radius 1 is 1.30 bits per heavy atom. The Morgan fingerprint density at radius 2 is 1.95 bits per heavy atom. The molecule has 1 saturated carbocycles. The van der Waals surface area contributed by atoms with Crippen molar-refractivity contribution in [2.45, 2.75) is 51.0 Å². The SMILES string of the molecule is CC(C)C(CCO)NC(=O)C1(c2ccccc2)CCC1. The van der Waals surface area contributed by atoms with E-state index in [2.05, 4.69) is 31.3 Å². The zero-order valence-electron chi connectivity index (χ0n) is 12.4. The average Bonchev–Trinajstić information content (AvgIpc) is 2.38. The van der Waals surface area contributed by atoms with E-state index in [9.17, 15) is 4.79 Å². The molecule has 3 heteroatoms. The van der Waals surface area contributed by atoms with Gasteiger partial charge >= 0.3 is 0 Å². The van der Waals surface area contributed by atoms with Crippen molar-refractivity contribution in [2.75, 3.05) is 6.61 Å². The van der Waals surface area contributed by atoms with Crippen LogP contribution in [0, 0.1) is 5.92 Å². The number of benzene rings is 1. The van der Waals surface area contributed by atoms with Crippen molar-refractivity contribution in [1.29, 1.82) is 0 Å². The van der Waals surface area contributed by atoms with Gasteiger partial charge in [-0.15, -0.1) is 0 Å². The molecular weight excluding hydrogens is 250 g/mol. The summed E-state index contributed by atoms with van der Waals surface area (Å²) in [7, 11) is 0. The first kappa shape index (κ1) is 15.0. The van der Waals surface area contributed by atoms with E-state index in [4.69, 9.17) is 5.11 Å². The second-order valence-corrected chi connectivity index (χ2v) is 6.14. The molecule has 0 saturated heterocycles. The van der Waals surface area contributed by atoms with Crippen LogP contribution in [-0.4, -0.2) is 23.7 Å². The fourth-order valence-corrected chi connectivity index (χ4v) is 2.95. The summed E-state index contributed by atoms with van der Waals surface area (Å²) in [5.41, 5.74) is 0.777. The van der Waals surface area contributed by atoms with Gasteiger partial charge in [-0.3, -0.25) is 4.79 Å². The van der Waals surface area contributed by atoms with Crippen LogP contribution in [0.2, 0.25) is 0 Å². The number of rotatable bonds is 6. The normalized spacial score (nSPS) is 18.4. The lowest BCUT2D eigenvalue weighted by atomic mass is 9.63. The van der Waals surface area contributed by atoms with Gasteiger partial charge in [0.2, 0.25) is 5.91 Å². The number of amides is 1. The van der Waals surface area contributed by atoms with Crippen LogP contribution < -0.4 is 5.32 Å². The predicted octanol–water partition coefficient (Wildman–Crippen LogP) is 2.63. The van der Waals surface area contributed by atoms with E-state index in [0.29, 0.717) is 12.3 Å². The van der Waals surface area contributed by atoms with Crippen LogP contribution >= 0.6 is 0 Å². The molecule has 1 aromatic rings. The van der Waals surface area contributed by atoms with Gasteiger partial charge in [0, 0.05) is 12.6 Å². The van der Waals surface area contributed by atoms with Crippen molar-refractivity contribution >= 4 is 5.91 Å². The van der Waals surface area contributed by atoms with Crippen LogP contribution in [0.4, 0.5) is 0 Å². The van der Waals surface area contributed by atoms with E-state index in [1.165, 1.54) is 0 Å². The van der Waals surface area contributed by atoms with Gasteiger partial charge in [0.15, 0.2) is 0 Å². The maximum absolute atomic E-state index is 12.7. The van der Waals surface area contributed by atoms with E-state index >= 15 is 0 Å². The topological polar surface area (TPSA) is 49.3 Å². The molecule has 1 aliphatic rings. The summed E-state index contributed by atoms with van der Waals surface area (Å²) in [6.07, 6.45) is 3.57. The Bertz CT molecular complexity index is 438. The van der Waals surface area contributed by atoms with E-state index in [0.717, 1.165) is 24.8 Å². The van der Waals surface area contributed by atoms with Crippen LogP contribution in [0.5, 0.6) is 0 Å². The highest BCUT2D eigenvalue weighted by molar-refractivity contribution is 5.89. The molecule has 3 nitrogen and oxygen atoms in total. The Labute approximate surface area is 121 Å². The standard InChI is InChI=1S/C17H25NO2/c1-13(2)15(9-12-19)18-16(20)17(10-6-11-17)14-7-4-3-5-8-14/h3-5,7-8,13,15,19H,6,9-12H2,1-2H3,(H,18,20). The van der Waals surface area contributed by atoms with Gasteiger partial charge in [-0.25, -0.2) is 0 Å². The van der Waals surface area contributed by atoms with Crippen molar-refractivity contribution in [1.82, 2.24) is 5.32 Å². The Kier molecular flexibility index (Phi) is 4.81. The van der Waals surface area contributed by atoms with Crippen molar-refractivity contribution in [3.8, 4) is 0 Å². The summed E-state index contributed by atoms with van der Waals surface area (Å²) >= 11 is 0. The Hall–Kier alpha value is -1.35. The first-order chi connectivity index (χ1) is 9.60. The highest BCUT2D eigenvalue weighted by Gasteiger charge is 2.46. The molecule has 0 bridgehead atoms. The summed E-state index contributed by atoms with van der Waals surface area (Å²) in [5, 5.41) is 12.3. The lowest BCUT2D eigenvalue weighted by Gasteiger charge is -2.42. The van der Waals surface area contributed by atoms with E-state index in [-0.39, 0.29) is 24.0 Å². The molecule has 0 aromatic heterocycles. The van der Waals surface area contributed by atoms with Gasteiger partial charge in [-0.05, 0) is 30.7 Å². The fourth-order valence-electron chi connectivity index (χ4n) is 2.95. The third kappa shape index (κ3) is 2.88. The lowest BCUT2D eigenvalue weighted by molar-refractivity contribution is -0.131. The largest absolute Gasteiger partial charge is 0.396 e. The fraction of sp³-hybridized carbons (Fsp3) is 0.588. The number of carbonyl (C=O) groups excluding carboxylic acids is 1. The quantitative estimate of drug-likeness (QED) is 0.838. The van der Waals surface area contributed by atoms with Crippen LogP contribution in [0.25, 0.3) is 0 Å². The molecule has 2 rings (SSSR count). The van der Waals surface area contributed by atoms with Gasteiger partial charge in [0.25, 0.3) is 0 Å². The van der Waals surface area contributed by atoms with Crippen molar-refractivity contribution in [3.05, 3.63) is 35.9 Å². The van der Waals surface area contributed by atoms with Gasteiger partial charge in [0.05, 0.1) is 5.41 Å². The van der Waals surface area contributed by atoms with Crippen LogP contribution in [0.3, 0.4) is 0 Å². The second kappa shape index (κ2) is 6.40. The third-order valence-corrected chi connectivity index (χ3v) is 4.53. The first-order valence-corrected chi connectivity index (χ1v) is 7.57. The zero-order valence-corrected chi connectivity index (χ0v) is 12.4. The molecule has 1 fully saturated rings. The molecule has 0 spiro atoms. The minimum absolute atomic E-state index is 0.0497. The summed E-state index contributed by atoms with van der Waals surface area (Å²) < 4.78 is 0. The number of aliphatic hydroxyl groups excluding tert-OH is 1. The van der Waals surface area contributed by atoms with Crippen LogP contribution in [-0.2, 0) is 10.2 Å². The van der Waals surface area contributed by atoms with E-state index in [1.54, 1.807) is 0 Å². The number of aliphatic hydroxyl groups is 1. The number of hydrogen-bond donors (Lipinski definition) is 2. The average molecular weight is 275 g/mol. The maximum Gasteiger partial charge on any atom is 0.230 e. The van der Waals surface area contributed by atoms with Gasteiger partial charge < -0.3 is 10.4 Å². The van der Waals surface area contributed by atoms with Crippen molar-refractivity contribution in [2.24, 2.45) is 5.92 Å². The number of carbonyl (C=O) groups is 1. The van der Waals surface area contributed by atoms with Crippen molar-refractivity contribution in [3.63, 3.8) is 0 Å². The number of nitrogens with one attached hydrogen (secondary N) is 1. The lowest BCUT2D eigenvalue weighted by Crippen LogP contribution is -2.53. The summed E-state index contributed by atoms with van der Waals surface area (Å²) in [6, 6.07) is 10.1. The highest BCUT2D eigenvalue weighted by atomic mass is 16.3. The van der Waals surface area contributed by atoms with Crippen LogP contribution in [0.15, 0.2) is 30.3 Å². The molecular formula is C17H25NO2. The van der Waals surface area contributed by atoms with Gasteiger partial charge in [-0.1, -0.05) is 50.6 Å². The Balaban J connectivity index is 2.14. The molecule has 2 N–H and O–H groups in total. The zero-order chi connectivity index (χ0) is 14.6. The smallest absolute Gasteiger partial charge is 0.230 e. The van der Waals surface area contributed by atoms with Crippen molar-refractivity contribution < 1.29 is 9.90 Å². The maximum atomic E-state index is 12.7. The van der Waals surface area contributed by atoms with Gasteiger partial charge in [0.1, 0.15) is 0 Å². The minimum Gasteiger partial charge on any atom is -0.396 e. The third-order valence-electron chi connectivity index (χ3n) is 4.53. The summed E-state index contributed by atoms with van der Waals surface area (Å²) in [6.45, 7) is 4.27. The molecule has 1 amide bonds. The molecule has 0 heterocycles. The molecule has 1 atom stereocenters. The molecule has 0 aliphatic heterocycles. The molecule has 0 radical (unpaired) electrons. The molecule has 1 aliphatic carbocycles. The minimum atomic E-state index is -0.343. The summed E-state index contributed by atoms with van der Waals surface area (Å²) in [5.74, 6) is 0.459. The Morgan fingerprint density at radius 3 is 2.40 bits per heavy atom. The molecule has 20 heavy (non-hydrogen) atoms. The highest BCUT2D eigenvalue weighted by Crippen LogP contribution is 2.44. The van der Waals surface area contributed by atoms with Gasteiger partial charge in [-0.2, -0.15) is 0 Å². The molecule has 1 unspecified atom stereocenters. The van der Waals surface area contributed by atoms with E-state index < -0.39 is 0 Å². The first-order valence-electron chi connectivity index (χ1n) is 7.57. The second-order valence-electron chi connectivity index (χ2n) is 6.14.